The van der Waals surface area contributed by atoms with Gasteiger partial charge < -0.3 is 9.47 Å². The molecule has 0 bridgehead atoms. The molecule has 0 aliphatic carbocycles. The van der Waals surface area contributed by atoms with E-state index in [1.165, 1.54) is 14.2 Å². The van der Waals surface area contributed by atoms with Crippen molar-refractivity contribution >= 4 is 31.3 Å². The van der Waals surface area contributed by atoms with E-state index >= 15 is 0 Å². The number of hydrogen-bond acceptors (Lipinski definition) is 4. The zero-order valence-electron chi connectivity index (χ0n) is 10.3. The van der Waals surface area contributed by atoms with Crippen LogP contribution in [0.1, 0.15) is 18.1 Å². The van der Waals surface area contributed by atoms with Gasteiger partial charge in [0.15, 0.2) is 11.5 Å². The third-order valence-electron chi connectivity index (χ3n) is 2.49. The topological polar surface area (TPSA) is 52.6 Å². The predicted molar refractivity (Wildman–Crippen MR) is 72.4 cm³/mol. The molecule has 0 unspecified atom stereocenters. The number of benzene rings is 1. The summed E-state index contributed by atoms with van der Waals surface area (Å²) in [5.41, 5.74) is 1.22. The van der Waals surface area contributed by atoms with Gasteiger partial charge in [-0.15, -0.1) is 0 Å². The minimum Gasteiger partial charge on any atom is -0.493 e. The zero-order chi connectivity index (χ0) is 13.9. The second kappa shape index (κ2) is 5.99. The summed E-state index contributed by atoms with van der Waals surface area (Å²) >= 11 is 6.18. The van der Waals surface area contributed by atoms with E-state index in [1.54, 1.807) is 6.07 Å². The Bertz CT molecular complexity index is 540. The summed E-state index contributed by atoms with van der Waals surface area (Å²) in [5.74, 6) is 0.486. The molecule has 1 aromatic rings. The third kappa shape index (κ3) is 3.43. The van der Waals surface area contributed by atoms with Crippen molar-refractivity contribution < 1.29 is 17.9 Å². The molecule has 0 fully saturated rings. The standard InChI is InChI=1S/C11H14Cl2O4S/c1-4-8-7(6-18(13,14)15)5-9(16-2)11(17-3)10(8)12/h5H,4,6H2,1-3H3. The SMILES string of the molecule is CCc1c(CS(=O)(=O)Cl)cc(OC)c(OC)c1Cl. The molecule has 0 saturated heterocycles. The van der Waals surface area contributed by atoms with Crippen LogP contribution >= 0.6 is 22.3 Å². The Morgan fingerprint density at radius 2 is 1.89 bits per heavy atom. The van der Waals surface area contributed by atoms with Crippen LogP contribution in [0.5, 0.6) is 11.5 Å². The molecule has 0 N–H and O–H groups in total. The molecule has 4 nitrogen and oxygen atoms in total. The van der Waals surface area contributed by atoms with Gasteiger partial charge in [0.25, 0.3) is 0 Å². The summed E-state index contributed by atoms with van der Waals surface area (Å²) in [4.78, 5) is 0. The highest BCUT2D eigenvalue weighted by Crippen LogP contribution is 2.40. The molecule has 0 amide bonds. The van der Waals surface area contributed by atoms with E-state index in [4.69, 9.17) is 31.8 Å². The van der Waals surface area contributed by atoms with Crippen LogP contribution in [0.2, 0.25) is 5.02 Å². The molecule has 0 aromatic heterocycles. The average Bonchev–Trinajstić information content (AvgIpc) is 2.26. The van der Waals surface area contributed by atoms with Crippen LogP contribution in [-0.2, 0) is 21.2 Å². The lowest BCUT2D eigenvalue weighted by Crippen LogP contribution is -2.03. The third-order valence-corrected chi connectivity index (χ3v) is 3.87. The summed E-state index contributed by atoms with van der Waals surface area (Å²) in [6.45, 7) is 1.87. The van der Waals surface area contributed by atoms with Crippen LogP contribution in [0.25, 0.3) is 0 Å². The quantitative estimate of drug-likeness (QED) is 0.784. The minimum atomic E-state index is -3.65. The van der Waals surface area contributed by atoms with Gasteiger partial charge in [0.2, 0.25) is 9.05 Å². The Morgan fingerprint density at radius 3 is 2.28 bits per heavy atom. The smallest absolute Gasteiger partial charge is 0.236 e. The van der Waals surface area contributed by atoms with Gasteiger partial charge in [0, 0.05) is 10.7 Å². The summed E-state index contributed by atoms with van der Waals surface area (Å²) in [6.07, 6.45) is 0.570. The van der Waals surface area contributed by atoms with Crippen molar-refractivity contribution in [2.24, 2.45) is 0 Å². The Labute approximate surface area is 116 Å². The Balaban J connectivity index is 3.47. The van der Waals surface area contributed by atoms with Crippen molar-refractivity contribution in [2.75, 3.05) is 14.2 Å². The van der Waals surface area contributed by atoms with E-state index in [-0.39, 0.29) is 5.75 Å². The molecule has 0 saturated carbocycles. The molecule has 102 valence electrons. The zero-order valence-corrected chi connectivity index (χ0v) is 12.6. The lowest BCUT2D eigenvalue weighted by molar-refractivity contribution is 0.354. The first-order chi connectivity index (χ1) is 8.34. The van der Waals surface area contributed by atoms with E-state index < -0.39 is 9.05 Å². The van der Waals surface area contributed by atoms with Gasteiger partial charge in [-0.3, -0.25) is 0 Å². The largest absolute Gasteiger partial charge is 0.493 e. The van der Waals surface area contributed by atoms with Gasteiger partial charge in [-0.1, -0.05) is 18.5 Å². The monoisotopic (exact) mass is 312 g/mol. The molecular weight excluding hydrogens is 299 g/mol. The summed E-state index contributed by atoms with van der Waals surface area (Å²) in [6, 6.07) is 1.59. The normalized spacial score (nSPS) is 11.4. The van der Waals surface area contributed by atoms with Gasteiger partial charge >= 0.3 is 0 Å². The molecule has 0 heterocycles. The van der Waals surface area contributed by atoms with Gasteiger partial charge in [0.1, 0.15) is 0 Å². The molecule has 0 aliphatic heterocycles. The summed E-state index contributed by atoms with van der Waals surface area (Å²) in [5, 5.41) is 0.356. The molecule has 1 rings (SSSR count). The van der Waals surface area contributed by atoms with Gasteiger partial charge in [-0.05, 0) is 23.6 Å². The van der Waals surface area contributed by atoms with Crippen molar-refractivity contribution in [3.63, 3.8) is 0 Å². The van der Waals surface area contributed by atoms with Gasteiger partial charge in [-0.25, -0.2) is 8.42 Å². The lowest BCUT2D eigenvalue weighted by Gasteiger charge is -2.16. The number of ether oxygens (including phenoxy) is 2. The van der Waals surface area contributed by atoms with E-state index in [9.17, 15) is 8.42 Å². The molecule has 1 aromatic carbocycles. The molecule has 7 heteroatoms. The molecule has 18 heavy (non-hydrogen) atoms. The van der Waals surface area contributed by atoms with Gasteiger partial charge in [-0.2, -0.15) is 0 Å². The Hall–Kier alpha value is -0.650. The number of methoxy groups -OCH3 is 2. The number of halogens is 2. The van der Waals surface area contributed by atoms with E-state index in [1.807, 2.05) is 6.92 Å². The lowest BCUT2D eigenvalue weighted by atomic mass is 10.1. The average molecular weight is 313 g/mol. The Kier molecular flexibility index (Phi) is 5.13. The van der Waals surface area contributed by atoms with E-state index in [0.29, 0.717) is 34.1 Å². The highest BCUT2D eigenvalue weighted by Gasteiger charge is 2.20. The molecule has 0 aliphatic rings. The number of hydrogen-bond donors (Lipinski definition) is 0. The predicted octanol–water partition coefficient (Wildman–Crippen LogP) is 2.99. The highest BCUT2D eigenvalue weighted by molar-refractivity contribution is 8.13. The van der Waals surface area contributed by atoms with E-state index in [0.717, 1.165) is 0 Å². The maximum atomic E-state index is 11.2. The second-order valence-corrected chi connectivity index (χ2v) is 6.76. The fourth-order valence-corrected chi connectivity index (χ4v) is 3.14. The fraction of sp³-hybridized carbons (Fsp3) is 0.455. The van der Waals surface area contributed by atoms with Crippen LogP contribution in [0.15, 0.2) is 6.07 Å². The molecule has 0 spiro atoms. The van der Waals surface area contributed by atoms with Gasteiger partial charge in [0.05, 0.1) is 25.0 Å². The first-order valence-corrected chi connectivity index (χ1v) is 8.04. The fourth-order valence-electron chi connectivity index (χ4n) is 1.74. The van der Waals surface area contributed by atoms with Crippen molar-refractivity contribution in [1.29, 1.82) is 0 Å². The highest BCUT2D eigenvalue weighted by atomic mass is 35.7. The summed E-state index contributed by atoms with van der Waals surface area (Å²) < 4.78 is 32.6. The van der Waals surface area contributed by atoms with Crippen LogP contribution in [0.3, 0.4) is 0 Å². The van der Waals surface area contributed by atoms with Crippen LogP contribution in [0.4, 0.5) is 0 Å². The maximum absolute atomic E-state index is 11.2. The Morgan fingerprint density at radius 1 is 1.28 bits per heavy atom. The van der Waals surface area contributed by atoms with Crippen molar-refractivity contribution in [3.05, 3.63) is 22.2 Å². The molecule has 0 radical (unpaired) electrons. The van der Waals surface area contributed by atoms with Crippen LogP contribution < -0.4 is 9.47 Å². The summed E-state index contributed by atoms with van der Waals surface area (Å²) in [7, 11) is 4.55. The molecular formula is C11H14Cl2O4S. The maximum Gasteiger partial charge on any atom is 0.236 e. The molecule has 0 atom stereocenters. The van der Waals surface area contributed by atoms with E-state index in [2.05, 4.69) is 0 Å². The first kappa shape index (κ1) is 15.4. The van der Waals surface area contributed by atoms with Crippen molar-refractivity contribution in [2.45, 2.75) is 19.1 Å². The van der Waals surface area contributed by atoms with Crippen LogP contribution in [-0.4, -0.2) is 22.6 Å². The minimum absolute atomic E-state index is 0.294. The van der Waals surface area contributed by atoms with Crippen molar-refractivity contribution in [3.8, 4) is 11.5 Å². The number of rotatable bonds is 5. The van der Waals surface area contributed by atoms with Crippen molar-refractivity contribution in [1.82, 2.24) is 0 Å². The second-order valence-electron chi connectivity index (χ2n) is 3.60. The first-order valence-electron chi connectivity index (χ1n) is 5.18. The van der Waals surface area contributed by atoms with Crippen LogP contribution in [0, 0.1) is 0 Å².